The van der Waals surface area contributed by atoms with Crippen molar-refractivity contribution in [3.63, 3.8) is 0 Å². The first-order valence-electron chi connectivity index (χ1n) is 7.31. The molecule has 0 aliphatic heterocycles. The minimum atomic E-state index is -0.196. The fraction of sp³-hybridized carbons (Fsp3) is 0.625. The maximum atomic E-state index is 11.9. The molecular weight excluding hydrogens is 252 g/mol. The summed E-state index contributed by atoms with van der Waals surface area (Å²) in [7, 11) is 0. The summed E-state index contributed by atoms with van der Waals surface area (Å²) in [6, 6.07) is 1.97. The van der Waals surface area contributed by atoms with E-state index in [2.05, 4.69) is 9.88 Å². The number of hydrogen-bond acceptors (Lipinski definition) is 2. The van der Waals surface area contributed by atoms with Crippen LogP contribution < -0.4 is 5.32 Å². The predicted molar refractivity (Wildman–Crippen MR) is 79.0 cm³/mol. The molecule has 0 bridgehead atoms. The highest BCUT2D eigenvalue weighted by Gasteiger charge is 2.23. The first-order valence-corrected chi connectivity index (χ1v) is 7.31. The number of carbonyl (C=O) groups excluding carboxylic acids is 2. The van der Waals surface area contributed by atoms with E-state index in [-0.39, 0.29) is 17.2 Å². The van der Waals surface area contributed by atoms with Crippen LogP contribution in [0.25, 0.3) is 0 Å². The van der Waals surface area contributed by atoms with Gasteiger partial charge >= 0.3 is 0 Å². The van der Waals surface area contributed by atoms with E-state index in [1.165, 1.54) is 0 Å². The maximum Gasteiger partial charge on any atom is 0.222 e. The van der Waals surface area contributed by atoms with Crippen molar-refractivity contribution in [3.8, 4) is 0 Å². The normalized spacial score (nSPS) is 15.1. The van der Waals surface area contributed by atoms with Crippen LogP contribution in [0.3, 0.4) is 0 Å². The molecule has 2 rings (SSSR count). The Bertz CT molecular complexity index is 535. The third kappa shape index (κ3) is 3.30. The van der Waals surface area contributed by atoms with Gasteiger partial charge in [-0.15, -0.1) is 0 Å². The molecule has 0 spiro atoms. The van der Waals surface area contributed by atoms with Gasteiger partial charge in [-0.2, -0.15) is 0 Å². The molecule has 0 fully saturated rings. The number of hydrogen-bond donors (Lipinski definition) is 1. The van der Waals surface area contributed by atoms with Gasteiger partial charge < -0.3 is 9.88 Å². The Morgan fingerprint density at radius 1 is 1.35 bits per heavy atom. The van der Waals surface area contributed by atoms with Gasteiger partial charge in [-0.25, -0.2) is 0 Å². The number of carbonyl (C=O) groups is 2. The summed E-state index contributed by atoms with van der Waals surface area (Å²) in [5, 5.41) is 2.97. The van der Waals surface area contributed by atoms with Crippen molar-refractivity contribution in [2.75, 3.05) is 0 Å². The van der Waals surface area contributed by atoms with E-state index in [9.17, 15) is 9.59 Å². The Balaban J connectivity index is 2.07. The van der Waals surface area contributed by atoms with E-state index >= 15 is 0 Å². The molecule has 1 amide bonds. The molecule has 0 unspecified atom stereocenters. The van der Waals surface area contributed by atoms with Gasteiger partial charge in [0.2, 0.25) is 5.91 Å². The van der Waals surface area contributed by atoms with Gasteiger partial charge in [0.15, 0.2) is 5.78 Å². The molecule has 1 heterocycles. The summed E-state index contributed by atoms with van der Waals surface area (Å²) < 4.78 is 2.13. The number of Topliss-reactive ketones (excluding diaryl/α,β-unsaturated/α-hetero) is 1. The standard InChI is InChI=1S/C16H24N2O2/c1-11-10-12-13(6-5-7-14(12)19)18(11)9-8-15(20)17-16(2,3)4/h10H,5-9H2,1-4H3,(H,17,20). The van der Waals surface area contributed by atoms with E-state index in [0.29, 0.717) is 19.4 Å². The second-order valence-corrected chi connectivity index (χ2v) is 6.62. The van der Waals surface area contributed by atoms with Gasteiger partial charge in [0.25, 0.3) is 0 Å². The van der Waals surface area contributed by atoms with Crippen LogP contribution in [0.2, 0.25) is 0 Å². The number of amides is 1. The summed E-state index contributed by atoms with van der Waals surface area (Å²) >= 11 is 0. The zero-order valence-electron chi connectivity index (χ0n) is 12.9. The highest BCUT2D eigenvalue weighted by Crippen LogP contribution is 2.25. The Morgan fingerprint density at radius 3 is 2.70 bits per heavy atom. The molecule has 4 heteroatoms. The number of fused-ring (bicyclic) bond motifs is 1. The number of ketones is 1. The van der Waals surface area contributed by atoms with Gasteiger partial charge in [0, 0.05) is 41.9 Å². The average molecular weight is 276 g/mol. The molecule has 1 aromatic heterocycles. The van der Waals surface area contributed by atoms with Gasteiger partial charge in [-0.1, -0.05) is 0 Å². The van der Waals surface area contributed by atoms with Crippen molar-refractivity contribution >= 4 is 11.7 Å². The molecule has 1 aromatic rings. The number of nitrogens with zero attached hydrogens (tertiary/aromatic N) is 1. The fourth-order valence-corrected chi connectivity index (χ4v) is 2.80. The minimum Gasteiger partial charge on any atom is -0.351 e. The lowest BCUT2D eigenvalue weighted by molar-refractivity contribution is -0.122. The first kappa shape index (κ1) is 14.8. The lowest BCUT2D eigenvalue weighted by Crippen LogP contribution is -2.40. The van der Waals surface area contributed by atoms with Crippen LogP contribution >= 0.6 is 0 Å². The van der Waals surface area contributed by atoms with E-state index in [1.54, 1.807) is 0 Å². The van der Waals surface area contributed by atoms with Crippen LogP contribution in [0.15, 0.2) is 6.07 Å². The van der Waals surface area contributed by atoms with Gasteiger partial charge in [0.05, 0.1) is 0 Å². The SMILES string of the molecule is Cc1cc2c(n1CCC(=O)NC(C)(C)C)CCCC2=O. The van der Waals surface area contributed by atoms with Crippen LogP contribution in [-0.4, -0.2) is 21.8 Å². The zero-order chi connectivity index (χ0) is 14.9. The summed E-state index contributed by atoms with van der Waals surface area (Å²) in [4.78, 5) is 23.8. The lowest BCUT2D eigenvalue weighted by atomic mass is 9.96. The van der Waals surface area contributed by atoms with Gasteiger partial charge in [-0.05, 0) is 46.6 Å². The van der Waals surface area contributed by atoms with Crippen LogP contribution in [0.5, 0.6) is 0 Å². The molecule has 1 N–H and O–H groups in total. The molecule has 0 radical (unpaired) electrons. The molecule has 20 heavy (non-hydrogen) atoms. The summed E-state index contributed by atoms with van der Waals surface area (Å²) in [5.74, 6) is 0.300. The molecule has 4 nitrogen and oxygen atoms in total. The zero-order valence-corrected chi connectivity index (χ0v) is 12.9. The summed E-state index contributed by atoms with van der Waals surface area (Å²) in [6.45, 7) is 8.59. The van der Waals surface area contributed by atoms with Crippen molar-refractivity contribution in [2.24, 2.45) is 0 Å². The fourth-order valence-electron chi connectivity index (χ4n) is 2.80. The summed E-state index contributed by atoms with van der Waals surface area (Å²) in [6.07, 6.45) is 2.97. The molecule has 1 aliphatic rings. The van der Waals surface area contributed by atoms with Gasteiger partial charge in [0.1, 0.15) is 0 Å². The Morgan fingerprint density at radius 2 is 2.05 bits per heavy atom. The number of nitrogens with one attached hydrogen (secondary N) is 1. The van der Waals surface area contributed by atoms with Crippen molar-refractivity contribution in [1.82, 2.24) is 9.88 Å². The van der Waals surface area contributed by atoms with Crippen molar-refractivity contribution in [2.45, 2.75) is 65.5 Å². The smallest absolute Gasteiger partial charge is 0.222 e. The maximum absolute atomic E-state index is 11.9. The highest BCUT2D eigenvalue weighted by atomic mass is 16.1. The van der Waals surface area contributed by atoms with E-state index in [1.807, 2.05) is 33.8 Å². The highest BCUT2D eigenvalue weighted by molar-refractivity contribution is 5.98. The second-order valence-electron chi connectivity index (χ2n) is 6.62. The molecular formula is C16H24N2O2. The van der Waals surface area contributed by atoms with Crippen LogP contribution in [0, 0.1) is 6.92 Å². The molecule has 1 aliphatic carbocycles. The van der Waals surface area contributed by atoms with Crippen molar-refractivity contribution in [3.05, 3.63) is 23.0 Å². The van der Waals surface area contributed by atoms with E-state index in [4.69, 9.17) is 0 Å². The monoisotopic (exact) mass is 276 g/mol. The first-order chi connectivity index (χ1) is 9.28. The molecule has 0 atom stereocenters. The molecule has 110 valence electrons. The third-order valence-corrected chi connectivity index (χ3v) is 3.61. The largest absolute Gasteiger partial charge is 0.351 e. The molecule has 0 saturated heterocycles. The van der Waals surface area contributed by atoms with Crippen LogP contribution in [0.4, 0.5) is 0 Å². The summed E-state index contributed by atoms with van der Waals surface area (Å²) in [5.41, 5.74) is 2.86. The molecule has 0 aromatic carbocycles. The topological polar surface area (TPSA) is 51.1 Å². The Kier molecular flexibility index (Phi) is 4.02. The average Bonchev–Trinajstić information content (AvgIpc) is 2.62. The number of aromatic nitrogens is 1. The minimum absolute atomic E-state index is 0.0569. The Labute approximate surface area is 120 Å². The second kappa shape index (κ2) is 5.43. The lowest BCUT2D eigenvalue weighted by Gasteiger charge is -2.21. The van der Waals surface area contributed by atoms with E-state index < -0.39 is 0 Å². The van der Waals surface area contributed by atoms with Crippen molar-refractivity contribution in [1.29, 1.82) is 0 Å². The van der Waals surface area contributed by atoms with E-state index in [0.717, 1.165) is 29.8 Å². The molecule has 0 saturated carbocycles. The van der Waals surface area contributed by atoms with Gasteiger partial charge in [-0.3, -0.25) is 9.59 Å². The predicted octanol–water partition coefficient (Wildman–Crippen LogP) is 2.62. The number of aryl methyl sites for hydroxylation is 1. The Hall–Kier alpha value is -1.58. The van der Waals surface area contributed by atoms with Crippen LogP contribution in [-0.2, 0) is 17.8 Å². The third-order valence-electron chi connectivity index (χ3n) is 3.61. The number of rotatable bonds is 3. The van der Waals surface area contributed by atoms with Crippen LogP contribution in [0.1, 0.15) is 61.8 Å². The quantitative estimate of drug-likeness (QED) is 0.922. The van der Waals surface area contributed by atoms with Crippen molar-refractivity contribution < 1.29 is 9.59 Å².